The largest absolute Gasteiger partial charge is 0.408 e. The summed E-state index contributed by atoms with van der Waals surface area (Å²) in [5.41, 5.74) is 0.104. The van der Waals surface area contributed by atoms with Gasteiger partial charge in [0.15, 0.2) is 0 Å². The van der Waals surface area contributed by atoms with Gasteiger partial charge in [0, 0.05) is 19.5 Å². The number of amides is 1. The summed E-state index contributed by atoms with van der Waals surface area (Å²) < 4.78 is 5.04. The molecule has 0 unspecified atom stereocenters. The number of nitrogens with zero attached hydrogens (tertiary/aromatic N) is 3. The van der Waals surface area contributed by atoms with E-state index in [1.165, 1.54) is 18.2 Å². The van der Waals surface area contributed by atoms with Crippen LogP contribution in [0, 0.1) is 17.0 Å². The van der Waals surface area contributed by atoms with Gasteiger partial charge < -0.3 is 9.73 Å². The molecule has 0 radical (unpaired) electrons. The Bertz CT molecular complexity index is 682. The number of benzene rings is 1. The Morgan fingerprint density at radius 1 is 1.43 bits per heavy atom. The van der Waals surface area contributed by atoms with Crippen LogP contribution < -0.4 is 10.6 Å². The van der Waals surface area contributed by atoms with Crippen molar-refractivity contribution in [1.29, 1.82) is 0 Å². The van der Waals surface area contributed by atoms with Crippen LogP contribution in [0.5, 0.6) is 0 Å². The van der Waals surface area contributed by atoms with E-state index in [0.29, 0.717) is 12.4 Å². The molecule has 2 N–H and O–H groups in total. The number of para-hydroxylation sites is 1. The van der Waals surface area contributed by atoms with Crippen molar-refractivity contribution in [2.75, 3.05) is 17.2 Å². The minimum absolute atomic E-state index is 0.0635. The number of hydrogen-bond donors (Lipinski definition) is 2. The maximum atomic E-state index is 12.2. The van der Waals surface area contributed by atoms with Gasteiger partial charge in [-0.3, -0.25) is 20.2 Å². The molecule has 1 aromatic heterocycles. The first-order valence-corrected chi connectivity index (χ1v) is 6.15. The lowest BCUT2D eigenvalue weighted by molar-refractivity contribution is -0.384. The van der Waals surface area contributed by atoms with Gasteiger partial charge in [0.25, 0.3) is 11.6 Å². The zero-order valence-electron chi connectivity index (χ0n) is 11.4. The topological polar surface area (TPSA) is 123 Å². The number of aromatic nitrogens is 2. The van der Waals surface area contributed by atoms with Crippen molar-refractivity contribution in [3.05, 3.63) is 39.8 Å². The van der Waals surface area contributed by atoms with Crippen molar-refractivity contribution in [2.45, 2.75) is 13.8 Å². The molecule has 2 rings (SSSR count). The summed E-state index contributed by atoms with van der Waals surface area (Å²) in [4.78, 5) is 22.7. The third-order valence-corrected chi connectivity index (χ3v) is 2.58. The molecule has 0 spiro atoms. The highest BCUT2D eigenvalue weighted by Gasteiger charge is 2.22. The van der Waals surface area contributed by atoms with Gasteiger partial charge in [-0.15, -0.1) is 5.10 Å². The van der Waals surface area contributed by atoms with Gasteiger partial charge >= 0.3 is 6.01 Å². The summed E-state index contributed by atoms with van der Waals surface area (Å²) in [5.74, 6) is -0.269. The Morgan fingerprint density at radius 2 is 2.19 bits per heavy atom. The smallest absolute Gasteiger partial charge is 0.322 e. The van der Waals surface area contributed by atoms with Gasteiger partial charge in [-0.1, -0.05) is 11.2 Å². The van der Waals surface area contributed by atoms with E-state index in [9.17, 15) is 14.9 Å². The zero-order chi connectivity index (χ0) is 15.4. The van der Waals surface area contributed by atoms with Crippen LogP contribution in [-0.2, 0) is 0 Å². The van der Waals surface area contributed by atoms with E-state index in [4.69, 9.17) is 4.42 Å². The number of hydrogen-bond acceptors (Lipinski definition) is 7. The molecule has 0 aliphatic rings. The first-order chi connectivity index (χ1) is 10.0. The van der Waals surface area contributed by atoms with Crippen LogP contribution in [0.2, 0.25) is 0 Å². The van der Waals surface area contributed by atoms with E-state index in [2.05, 4.69) is 20.8 Å². The van der Waals surface area contributed by atoms with Crippen LogP contribution >= 0.6 is 0 Å². The molecule has 0 fully saturated rings. The molecule has 1 heterocycles. The Morgan fingerprint density at radius 3 is 2.76 bits per heavy atom. The standard InChI is InChI=1S/C12H13N5O4/c1-3-13-10-8(5-4-6-9(10)17(19)20)11(18)14-12-16-15-7(2)21-12/h4-6,13H,3H2,1-2H3,(H,14,16,18). The molecule has 0 saturated heterocycles. The number of nitro benzene ring substituents is 1. The normalized spacial score (nSPS) is 10.2. The van der Waals surface area contributed by atoms with Crippen LogP contribution in [0.3, 0.4) is 0 Å². The molecule has 2 aromatic rings. The molecule has 0 aliphatic carbocycles. The Kier molecular flexibility index (Phi) is 4.12. The van der Waals surface area contributed by atoms with Crippen molar-refractivity contribution >= 4 is 23.3 Å². The number of aryl methyl sites for hydroxylation is 1. The Labute approximate surface area is 119 Å². The third-order valence-electron chi connectivity index (χ3n) is 2.58. The van der Waals surface area contributed by atoms with Crippen LogP contribution in [0.4, 0.5) is 17.4 Å². The van der Waals surface area contributed by atoms with Crippen molar-refractivity contribution in [1.82, 2.24) is 10.2 Å². The van der Waals surface area contributed by atoms with Crippen LogP contribution in [-0.4, -0.2) is 27.6 Å². The number of nitrogens with one attached hydrogen (secondary N) is 2. The summed E-state index contributed by atoms with van der Waals surface area (Å²) >= 11 is 0. The molecule has 1 aromatic carbocycles. The molecule has 21 heavy (non-hydrogen) atoms. The maximum Gasteiger partial charge on any atom is 0.322 e. The first-order valence-electron chi connectivity index (χ1n) is 6.15. The molecule has 0 bridgehead atoms. The van der Waals surface area contributed by atoms with E-state index in [1.807, 2.05) is 0 Å². The minimum atomic E-state index is -0.571. The van der Waals surface area contributed by atoms with Crippen LogP contribution in [0.1, 0.15) is 23.2 Å². The summed E-state index contributed by atoms with van der Waals surface area (Å²) in [6, 6.07) is 4.17. The number of anilines is 2. The second kappa shape index (κ2) is 5.99. The third kappa shape index (κ3) is 3.14. The summed E-state index contributed by atoms with van der Waals surface area (Å²) in [7, 11) is 0. The molecule has 0 saturated carbocycles. The van der Waals surface area contributed by atoms with Crippen molar-refractivity contribution < 1.29 is 14.1 Å². The van der Waals surface area contributed by atoms with Gasteiger partial charge in [0.2, 0.25) is 5.89 Å². The fourth-order valence-electron chi connectivity index (χ4n) is 1.76. The van der Waals surface area contributed by atoms with Gasteiger partial charge in [-0.05, 0) is 13.0 Å². The lowest BCUT2D eigenvalue weighted by Crippen LogP contribution is -2.16. The SMILES string of the molecule is CCNc1c(C(=O)Nc2nnc(C)o2)cccc1[N+](=O)[O-]. The maximum absolute atomic E-state index is 12.2. The number of carbonyl (C=O) groups excluding carboxylic acids is 1. The molecule has 1 amide bonds. The quantitative estimate of drug-likeness (QED) is 0.637. The van der Waals surface area contributed by atoms with Gasteiger partial charge in [-0.25, -0.2) is 0 Å². The van der Waals surface area contributed by atoms with Crippen LogP contribution in [0.15, 0.2) is 22.6 Å². The lowest BCUT2D eigenvalue weighted by Gasteiger charge is -2.09. The van der Waals surface area contributed by atoms with Gasteiger partial charge in [-0.2, -0.15) is 0 Å². The fraction of sp³-hybridized carbons (Fsp3) is 0.250. The summed E-state index contributed by atoms with van der Waals surface area (Å²) in [6.45, 7) is 3.80. The lowest BCUT2D eigenvalue weighted by atomic mass is 10.1. The molecular weight excluding hydrogens is 278 g/mol. The predicted molar refractivity (Wildman–Crippen MR) is 74.2 cm³/mol. The number of rotatable bonds is 5. The zero-order valence-corrected chi connectivity index (χ0v) is 11.4. The second-order valence-electron chi connectivity index (χ2n) is 4.07. The van der Waals surface area contributed by atoms with Crippen molar-refractivity contribution in [3.8, 4) is 0 Å². The van der Waals surface area contributed by atoms with E-state index in [0.717, 1.165) is 0 Å². The monoisotopic (exact) mass is 291 g/mol. The highest BCUT2D eigenvalue weighted by molar-refractivity contribution is 6.08. The molecule has 9 nitrogen and oxygen atoms in total. The average molecular weight is 291 g/mol. The van der Waals surface area contributed by atoms with E-state index in [-0.39, 0.29) is 23.0 Å². The van der Waals surface area contributed by atoms with Gasteiger partial charge in [0.05, 0.1) is 10.5 Å². The number of nitro groups is 1. The second-order valence-corrected chi connectivity index (χ2v) is 4.07. The Hall–Kier alpha value is -2.97. The highest BCUT2D eigenvalue weighted by atomic mass is 16.6. The molecule has 9 heteroatoms. The number of carbonyl (C=O) groups is 1. The van der Waals surface area contributed by atoms with E-state index >= 15 is 0 Å². The summed E-state index contributed by atoms with van der Waals surface area (Å²) in [5, 5.41) is 23.5. The highest BCUT2D eigenvalue weighted by Crippen LogP contribution is 2.28. The summed E-state index contributed by atoms with van der Waals surface area (Å²) in [6.07, 6.45) is 0. The minimum Gasteiger partial charge on any atom is -0.408 e. The van der Waals surface area contributed by atoms with Gasteiger partial charge in [0.1, 0.15) is 5.69 Å². The molecular formula is C12H13N5O4. The average Bonchev–Trinajstić information content (AvgIpc) is 2.84. The first kappa shape index (κ1) is 14.4. The van der Waals surface area contributed by atoms with E-state index < -0.39 is 10.8 Å². The van der Waals surface area contributed by atoms with Crippen LogP contribution in [0.25, 0.3) is 0 Å². The molecule has 0 aliphatic heterocycles. The fourth-order valence-corrected chi connectivity index (χ4v) is 1.76. The Balaban J connectivity index is 2.35. The van der Waals surface area contributed by atoms with E-state index in [1.54, 1.807) is 13.8 Å². The molecule has 110 valence electrons. The predicted octanol–water partition coefficient (Wildman–Crippen LogP) is 1.97. The van der Waals surface area contributed by atoms with Crippen molar-refractivity contribution in [2.24, 2.45) is 0 Å². The molecule has 0 atom stereocenters. The van der Waals surface area contributed by atoms with Crippen molar-refractivity contribution in [3.63, 3.8) is 0 Å².